The number of carbonyl (C=O) groups is 2. The van der Waals surface area contributed by atoms with Gasteiger partial charge in [-0.1, -0.05) is 19.9 Å². The Hall–Kier alpha value is -2.04. The lowest BCUT2D eigenvalue weighted by atomic mass is 10.1. The molecule has 0 saturated carbocycles. The zero-order valence-corrected chi connectivity index (χ0v) is 12.6. The number of aliphatic carboxylic acids is 1. The molecule has 2 amide bonds. The third-order valence-corrected chi connectivity index (χ3v) is 3.11. The van der Waals surface area contributed by atoms with Crippen molar-refractivity contribution in [3.05, 3.63) is 29.3 Å². The van der Waals surface area contributed by atoms with Gasteiger partial charge in [0.2, 0.25) is 0 Å². The Morgan fingerprint density at radius 3 is 2.05 bits per heavy atom. The van der Waals surface area contributed by atoms with Crippen LogP contribution in [0.1, 0.15) is 25.0 Å². The molecule has 0 aliphatic rings. The van der Waals surface area contributed by atoms with Crippen molar-refractivity contribution in [2.75, 3.05) is 11.9 Å². The van der Waals surface area contributed by atoms with E-state index in [1.807, 2.05) is 32.0 Å². The number of nitrogens with zero attached hydrogens (tertiary/aromatic N) is 1. The number of hydrogen-bond acceptors (Lipinski definition) is 2. The largest absolute Gasteiger partial charge is 0.480 e. The summed E-state index contributed by atoms with van der Waals surface area (Å²) in [5.41, 5.74) is 2.85. The summed E-state index contributed by atoms with van der Waals surface area (Å²) in [6, 6.07) is 4.48. The number of hydrogen-bond donors (Lipinski definition) is 2. The summed E-state index contributed by atoms with van der Waals surface area (Å²) < 4.78 is 0. The van der Waals surface area contributed by atoms with E-state index in [9.17, 15) is 9.59 Å². The van der Waals surface area contributed by atoms with Crippen molar-refractivity contribution in [2.45, 2.75) is 33.7 Å². The quantitative estimate of drug-likeness (QED) is 0.889. The molecule has 1 rings (SSSR count). The molecule has 0 radical (unpaired) electrons. The molecule has 0 spiro atoms. The number of urea groups is 1. The van der Waals surface area contributed by atoms with E-state index in [1.165, 1.54) is 4.90 Å². The monoisotopic (exact) mass is 278 g/mol. The maximum absolute atomic E-state index is 12.1. The topological polar surface area (TPSA) is 69.6 Å². The minimum Gasteiger partial charge on any atom is -0.480 e. The van der Waals surface area contributed by atoms with Crippen molar-refractivity contribution >= 4 is 17.7 Å². The molecular formula is C15H22N2O3. The predicted octanol–water partition coefficient (Wildman–Crippen LogP) is 2.56. The first-order chi connectivity index (χ1) is 9.22. The van der Waals surface area contributed by atoms with Crippen molar-refractivity contribution in [2.24, 2.45) is 5.92 Å². The Morgan fingerprint density at radius 2 is 1.65 bits per heavy atom. The van der Waals surface area contributed by atoms with E-state index in [1.54, 1.807) is 20.9 Å². The number of rotatable bonds is 4. The minimum atomic E-state index is -1.03. The van der Waals surface area contributed by atoms with Crippen LogP contribution in [-0.4, -0.2) is 30.2 Å². The second-order valence-electron chi connectivity index (χ2n) is 5.41. The van der Waals surface area contributed by atoms with E-state index in [0.29, 0.717) is 0 Å². The Bertz CT molecular complexity index is 492. The van der Waals surface area contributed by atoms with Crippen molar-refractivity contribution in [1.29, 1.82) is 0 Å². The van der Waals surface area contributed by atoms with Crippen LogP contribution in [0.15, 0.2) is 18.2 Å². The maximum atomic E-state index is 12.1. The molecule has 0 aliphatic carbocycles. The number of carbonyl (C=O) groups excluding carboxylic acids is 1. The number of nitrogens with one attached hydrogen (secondary N) is 1. The molecule has 1 aromatic carbocycles. The summed E-state index contributed by atoms with van der Waals surface area (Å²) in [4.78, 5) is 24.7. The Morgan fingerprint density at radius 1 is 1.15 bits per heavy atom. The zero-order chi connectivity index (χ0) is 15.4. The van der Waals surface area contributed by atoms with Crippen LogP contribution in [0.25, 0.3) is 0 Å². The fraction of sp³-hybridized carbons (Fsp3) is 0.467. The Kier molecular flexibility index (Phi) is 5.13. The highest BCUT2D eigenvalue weighted by molar-refractivity contribution is 5.94. The van der Waals surface area contributed by atoms with E-state index in [-0.39, 0.29) is 5.92 Å². The summed E-state index contributed by atoms with van der Waals surface area (Å²) in [5, 5.41) is 11.6. The van der Waals surface area contributed by atoms with Crippen molar-refractivity contribution in [3.8, 4) is 0 Å². The zero-order valence-electron chi connectivity index (χ0n) is 12.6. The number of anilines is 1. The van der Waals surface area contributed by atoms with Gasteiger partial charge in [-0.15, -0.1) is 0 Å². The molecule has 0 saturated heterocycles. The van der Waals surface area contributed by atoms with Gasteiger partial charge in [-0.25, -0.2) is 9.59 Å². The Labute approximate surface area is 119 Å². The van der Waals surface area contributed by atoms with Gasteiger partial charge in [0.15, 0.2) is 0 Å². The maximum Gasteiger partial charge on any atom is 0.326 e. The predicted molar refractivity (Wildman–Crippen MR) is 79.1 cm³/mol. The van der Waals surface area contributed by atoms with Gasteiger partial charge in [-0.2, -0.15) is 0 Å². The third kappa shape index (κ3) is 3.98. The van der Waals surface area contributed by atoms with Gasteiger partial charge < -0.3 is 10.4 Å². The van der Waals surface area contributed by atoms with Gasteiger partial charge in [0.1, 0.15) is 6.04 Å². The summed E-state index contributed by atoms with van der Waals surface area (Å²) in [6.07, 6.45) is 0. The Balaban J connectivity index is 2.88. The van der Waals surface area contributed by atoms with E-state index < -0.39 is 18.0 Å². The van der Waals surface area contributed by atoms with Gasteiger partial charge in [0, 0.05) is 12.7 Å². The number of carboxylic acids is 1. The molecule has 0 aliphatic heterocycles. The second kappa shape index (κ2) is 6.41. The molecule has 1 atom stereocenters. The summed E-state index contributed by atoms with van der Waals surface area (Å²) in [6.45, 7) is 7.43. The molecule has 5 nitrogen and oxygen atoms in total. The van der Waals surface area contributed by atoms with Crippen LogP contribution in [0.5, 0.6) is 0 Å². The van der Waals surface area contributed by atoms with Gasteiger partial charge in [-0.3, -0.25) is 4.90 Å². The third-order valence-electron chi connectivity index (χ3n) is 3.11. The molecule has 20 heavy (non-hydrogen) atoms. The molecule has 0 aromatic heterocycles. The normalized spacial score (nSPS) is 12.1. The van der Waals surface area contributed by atoms with E-state index in [2.05, 4.69) is 5.32 Å². The highest BCUT2D eigenvalue weighted by Crippen LogP contribution is 2.18. The molecule has 0 unspecified atom stereocenters. The summed E-state index contributed by atoms with van der Waals surface area (Å²) in [5.74, 6) is -1.20. The first-order valence-electron chi connectivity index (χ1n) is 6.57. The van der Waals surface area contributed by atoms with Gasteiger partial charge in [0.05, 0.1) is 0 Å². The van der Waals surface area contributed by atoms with Crippen LogP contribution in [0.2, 0.25) is 0 Å². The standard InChI is InChI=1S/C15H22N2O3/c1-9(2)13(14(18)19)16-15(20)17(5)12-7-10(3)6-11(4)8-12/h6-9,13H,1-5H3,(H,16,20)(H,18,19)/t13-/m0/s1. The lowest BCUT2D eigenvalue weighted by molar-refractivity contribution is -0.140. The van der Waals surface area contributed by atoms with Crippen molar-refractivity contribution < 1.29 is 14.7 Å². The second-order valence-corrected chi connectivity index (χ2v) is 5.41. The molecule has 110 valence electrons. The van der Waals surface area contributed by atoms with Crippen molar-refractivity contribution in [1.82, 2.24) is 5.32 Å². The molecule has 0 fully saturated rings. The lowest BCUT2D eigenvalue weighted by Crippen LogP contribution is -2.49. The van der Waals surface area contributed by atoms with Gasteiger partial charge >= 0.3 is 12.0 Å². The average molecular weight is 278 g/mol. The van der Waals surface area contributed by atoms with Crippen LogP contribution in [0, 0.1) is 19.8 Å². The van der Waals surface area contributed by atoms with Crippen LogP contribution in [0.3, 0.4) is 0 Å². The van der Waals surface area contributed by atoms with E-state index in [0.717, 1.165) is 16.8 Å². The van der Waals surface area contributed by atoms with Crippen LogP contribution in [-0.2, 0) is 4.79 Å². The first-order valence-corrected chi connectivity index (χ1v) is 6.57. The summed E-state index contributed by atoms with van der Waals surface area (Å²) >= 11 is 0. The highest BCUT2D eigenvalue weighted by atomic mass is 16.4. The smallest absolute Gasteiger partial charge is 0.326 e. The minimum absolute atomic E-state index is 0.177. The SMILES string of the molecule is Cc1cc(C)cc(N(C)C(=O)N[C@H](C(=O)O)C(C)C)c1. The number of carboxylic acid groups (broad SMARTS) is 1. The average Bonchev–Trinajstić information content (AvgIpc) is 2.32. The number of amides is 2. The van der Waals surface area contributed by atoms with Crippen molar-refractivity contribution in [3.63, 3.8) is 0 Å². The molecule has 5 heteroatoms. The fourth-order valence-electron chi connectivity index (χ4n) is 2.00. The van der Waals surface area contributed by atoms with Gasteiger partial charge in [0.25, 0.3) is 0 Å². The van der Waals surface area contributed by atoms with Gasteiger partial charge in [-0.05, 0) is 43.0 Å². The summed E-state index contributed by atoms with van der Waals surface area (Å²) in [7, 11) is 1.63. The van der Waals surface area contributed by atoms with Crippen LogP contribution in [0.4, 0.5) is 10.5 Å². The number of benzene rings is 1. The molecule has 0 bridgehead atoms. The van der Waals surface area contributed by atoms with Crippen LogP contribution < -0.4 is 10.2 Å². The van der Waals surface area contributed by atoms with Crippen LogP contribution >= 0.6 is 0 Å². The highest BCUT2D eigenvalue weighted by Gasteiger charge is 2.25. The molecular weight excluding hydrogens is 256 g/mol. The lowest BCUT2D eigenvalue weighted by Gasteiger charge is -2.24. The van der Waals surface area contributed by atoms with E-state index >= 15 is 0 Å². The molecule has 2 N–H and O–H groups in total. The molecule has 0 heterocycles. The number of aryl methyl sites for hydroxylation is 2. The fourth-order valence-corrected chi connectivity index (χ4v) is 2.00. The van der Waals surface area contributed by atoms with E-state index in [4.69, 9.17) is 5.11 Å². The first kappa shape index (κ1) is 16.0. The molecule has 1 aromatic rings.